The van der Waals surface area contributed by atoms with E-state index < -0.39 is 222 Å². The van der Waals surface area contributed by atoms with Gasteiger partial charge in [-0.1, -0.05) is 119 Å². The molecule has 45 heteroatoms. The van der Waals surface area contributed by atoms with E-state index in [0.717, 1.165) is 0 Å². The van der Waals surface area contributed by atoms with Crippen LogP contribution in [0.4, 0.5) is 0 Å². The summed E-state index contributed by atoms with van der Waals surface area (Å²) in [6.45, 7) is 19.3. The molecular weight excluding hydrogens is 1730 g/mol. The van der Waals surface area contributed by atoms with Crippen molar-refractivity contribution in [2.75, 3.05) is 26.2 Å². The number of carbonyl (C=O) groups excluding carboxylic acids is 15. The molecule has 1 aliphatic rings. The van der Waals surface area contributed by atoms with Crippen molar-refractivity contribution in [1.82, 2.24) is 105 Å². The van der Waals surface area contributed by atoms with E-state index in [4.69, 9.17) is 33.8 Å². The van der Waals surface area contributed by atoms with E-state index >= 15 is 9.59 Å². The predicted molar refractivity (Wildman–Crippen MR) is 490 cm³/mol. The van der Waals surface area contributed by atoms with Crippen LogP contribution in [0, 0.1) is 46.3 Å². The number of benzene rings is 2. The lowest BCUT2D eigenvalue weighted by Crippen LogP contribution is -2.61. The molecule has 1 saturated heterocycles. The smallest absolute Gasteiger partial charge is 0.326 e. The number of fused-ring (bicyclic) bond motifs is 2. The van der Waals surface area contributed by atoms with Gasteiger partial charge in [-0.2, -0.15) is 0 Å². The summed E-state index contributed by atoms with van der Waals surface area (Å²) >= 11 is 0. The molecule has 14 atom stereocenters. The molecule has 1 fully saturated rings. The van der Waals surface area contributed by atoms with Gasteiger partial charge in [0.2, 0.25) is 88.6 Å². The maximum Gasteiger partial charge on any atom is 0.326 e. The number of amides is 15. The second-order valence-electron chi connectivity index (χ2n) is 35.7. The van der Waals surface area contributed by atoms with Crippen LogP contribution in [0.1, 0.15) is 171 Å². The van der Waals surface area contributed by atoms with E-state index in [1.165, 1.54) is 31.3 Å². The van der Waals surface area contributed by atoms with E-state index in [1.807, 2.05) is 0 Å². The number of carboxylic acid groups (broad SMARTS) is 2. The highest BCUT2D eigenvalue weighted by Gasteiger charge is 2.44. The van der Waals surface area contributed by atoms with Crippen LogP contribution in [0.15, 0.2) is 73.4 Å². The minimum Gasteiger partial charge on any atom is -0.481 e. The number of nitrogens with two attached hydrogens (primary N) is 4. The lowest BCUT2D eigenvalue weighted by atomic mass is 9.98. The van der Waals surface area contributed by atoms with E-state index in [2.05, 4.69) is 99.7 Å². The number of likely N-dealkylation sites (tertiary alicyclic amines) is 1. The van der Waals surface area contributed by atoms with Gasteiger partial charge in [0.1, 0.15) is 78.5 Å². The summed E-state index contributed by atoms with van der Waals surface area (Å²) in [4.78, 5) is 254. The summed E-state index contributed by atoms with van der Waals surface area (Å²) in [7, 11) is 0. The number of nitrogens with zero attached hydrogens (tertiary/aromatic N) is 2. The molecule has 3 aromatic heterocycles. The van der Waals surface area contributed by atoms with Crippen LogP contribution < -0.4 is 103 Å². The predicted octanol–water partition coefficient (Wildman–Crippen LogP) is -2.28. The summed E-state index contributed by atoms with van der Waals surface area (Å²) < 4.78 is 0. The molecule has 133 heavy (non-hydrogen) atoms. The molecule has 30 N–H and O–H groups in total. The number of imidazole rings is 1. The van der Waals surface area contributed by atoms with Gasteiger partial charge in [0.25, 0.3) is 0 Å². The Morgan fingerprint density at radius 1 is 0.451 bits per heavy atom. The van der Waals surface area contributed by atoms with Gasteiger partial charge in [-0.05, 0) is 117 Å². The monoisotopic (exact) mass is 1860 g/mol. The second-order valence-corrected chi connectivity index (χ2v) is 35.7. The molecular formula is C88H134N26O19. The lowest BCUT2D eigenvalue weighted by Gasteiger charge is -2.32. The third-order valence-corrected chi connectivity index (χ3v) is 22.1. The van der Waals surface area contributed by atoms with Gasteiger partial charge in [0.15, 0.2) is 11.9 Å². The number of H-pyrrole nitrogens is 3. The van der Waals surface area contributed by atoms with Crippen molar-refractivity contribution < 1.29 is 91.7 Å². The molecule has 4 heterocycles. The van der Waals surface area contributed by atoms with Crippen LogP contribution in [0.3, 0.4) is 0 Å². The van der Waals surface area contributed by atoms with Crippen molar-refractivity contribution in [3.63, 3.8) is 0 Å². The van der Waals surface area contributed by atoms with E-state index in [-0.39, 0.29) is 126 Å². The summed E-state index contributed by atoms with van der Waals surface area (Å²) in [5.41, 5.74) is 25.7. The average Bonchev–Trinajstić information content (AvgIpc) is 1.71. The first kappa shape index (κ1) is 108. The highest BCUT2D eigenvalue weighted by molar-refractivity contribution is 6.02. The van der Waals surface area contributed by atoms with Crippen LogP contribution in [-0.4, -0.2) is 258 Å². The van der Waals surface area contributed by atoms with Gasteiger partial charge in [0.05, 0.1) is 31.8 Å². The minimum atomic E-state index is -1.86. The summed E-state index contributed by atoms with van der Waals surface area (Å²) in [6.07, 6.45) is 3.59. The van der Waals surface area contributed by atoms with Crippen molar-refractivity contribution in [2.45, 2.75) is 258 Å². The summed E-state index contributed by atoms with van der Waals surface area (Å²) in [5, 5.41) is 75.9. The first-order chi connectivity index (χ1) is 62.7. The molecule has 2 aromatic carbocycles. The highest BCUT2D eigenvalue weighted by Crippen LogP contribution is 2.25. The van der Waals surface area contributed by atoms with Crippen molar-refractivity contribution in [3.05, 3.63) is 90.3 Å². The molecule has 0 spiro atoms. The van der Waals surface area contributed by atoms with Gasteiger partial charge in [-0.15, -0.1) is 0 Å². The quantitative estimate of drug-likeness (QED) is 0.0111. The molecule has 0 saturated carbocycles. The number of aliphatic carboxylic acids is 2. The number of carbonyl (C=O) groups is 17. The van der Waals surface area contributed by atoms with Gasteiger partial charge < -0.3 is 133 Å². The van der Waals surface area contributed by atoms with Gasteiger partial charge in [-0.25, -0.2) is 9.78 Å². The Balaban J connectivity index is 1.19. The second kappa shape index (κ2) is 52.3. The third-order valence-electron chi connectivity index (χ3n) is 22.1. The van der Waals surface area contributed by atoms with Crippen LogP contribution in [-0.2, 0) is 101 Å². The fourth-order valence-corrected chi connectivity index (χ4v) is 15.1. The number of hydrogen-bond donors (Lipinski definition) is 26. The number of hydrogen-bond acceptors (Lipinski definition) is 21. The maximum atomic E-state index is 15.1. The zero-order valence-electron chi connectivity index (χ0n) is 77.2. The SMILES string of the molecule is CC(C)C[C@H](NC(=O)[C@H](CCCNC(=N)N)NC(=O)[C@H](Cc1c[nH]c2ccccc12)NC(=O)[C@H](CCCNC(=N)N)NC(=O)[C@H](Cc1c[nH]c2ccccc12)NC(=O)CNC(=O)[C@H](CC(N)=O)NC(=O)[C@H](CC(C)C)NC(=O)[C@H](CC(C)C)NC(=O)[C@@H](NC(=O)[C@H](CC(=O)O)NC(=O)[C@@H]1CCCN1C(=O)[C@@H](NC(=O)[C@H](Cc1cnc[nH]1)NC(=O)[C@@H](N)C(C)C)C(C)C)C(C)C)C(=O)O. The normalized spacial score (nSPS) is 15.5. The fourth-order valence-electron chi connectivity index (χ4n) is 15.1. The number of carboxylic acids is 2. The Morgan fingerprint density at radius 2 is 0.865 bits per heavy atom. The van der Waals surface area contributed by atoms with Crippen LogP contribution in [0.25, 0.3) is 21.8 Å². The zero-order valence-corrected chi connectivity index (χ0v) is 77.2. The van der Waals surface area contributed by atoms with Gasteiger partial charge >= 0.3 is 11.9 Å². The van der Waals surface area contributed by atoms with Crippen molar-refractivity contribution in [3.8, 4) is 0 Å². The molecule has 45 nitrogen and oxygen atoms in total. The van der Waals surface area contributed by atoms with E-state index in [1.54, 1.807) is 130 Å². The number of primary amides is 1. The first-order valence-corrected chi connectivity index (χ1v) is 44.6. The Labute approximate surface area is 770 Å². The average molecular weight is 1860 g/mol. The van der Waals surface area contributed by atoms with E-state index in [0.29, 0.717) is 38.6 Å². The molecule has 0 unspecified atom stereocenters. The topological polar surface area (TPSA) is 726 Å². The molecule has 6 rings (SSSR count). The Hall–Kier alpha value is -13.8. The Morgan fingerprint density at radius 3 is 1.33 bits per heavy atom. The highest BCUT2D eigenvalue weighted by atomic mass is 16.4. The Kier molecular flexibility index (Phi) is 42.5. The molecule has 730 valence electrons. The summed E-state index contributed by atoms with van der Waals surface area (Å²) in [5.74, 6) is -20.3. The van der Waals surface area contributed by atoms with Gasteiger partial charge in [-0.3, -0.25) is 87.5 Å². The van der Waals surface area contributed by atoms with Gasteiger partial charge in [0, 0.05) is 85.0 Å². The standard InChI is InChI=1S/C88H134N26O19/c1-43(2)30-58(105-77(123)59(31-44(3)4)110-84(130)71(47(9)10)112-81(127)64(37-69(117)118)108-82(128)66-26-19-29-114(66)85(131)72(48(11)12)113-80(126)62(35-51-40-95-42-101-51)109-83(129)70(90)46(7)8)76(122)107-63(36-67(89)115)73(119)100-41-68(116)102-60(33-49-38-98-54-22-15-13-20-52(49)54)78(124)103-56(24-17-27-96-87(91)92)74(120)106-61(34-50-39-99-55-23-16-14-21-53(50)55)79(125)104-57(25-18-28-97-88(93)94)75(121)111-65(86(132)133)32-45(5)6/h13-16,20-23,38-40,42-48,56-66,70-72,98-99H,17-19,24-37,41,90H2,1-12H3,(H2,89,115)(H,95,101)(H,100,119)(H,102,116)(H,103,124)(H,104,125)(H,105,123)(H,106,120)(H,107,122)(H,108,128)(H,109,129)(H,110,130)(H,111,121)(H,112,127)(H,113,126)(H,117,118)(H,132,133)(H4,91,92,96)(H4,93,94,97)/t56-,57-,58-,59-,60-,61-,62-,63-,64-,65-,66-,70-,71-,72-/m0/s1. The lowest BCUT2D eigenvalue weighted by molar-refractivity contribution is -0.145. The Bertz CT molecular complexity index is 4890. The van der Waals surface area contributed by atoms with Crippen molar-refractivity contribution in [1.29, 1.82) is 10.8 Å². The van der Waals surface area contributed by atoms with Crippen LogP contribution in [0.5, 0.6) is 0 Å². The zero-order chi connectivity index (χ0) is 98.8. The number of aromatic amines is 3. The molecule has 15 amide bonds. The minimum absolute atomic E-state index is 0.00475. The fraction of sp³-hybridized carbons (Fsp3) is 0.568. The largest absolute Gasteiger partial charge is 0.481 e. The first-order valence-electron chi connectivity index (χ1n) is 44.6. The number of rotatable bonds is 55. The number of guanidine groups is 2. The number of para-hydroxylation sites is 2. The molecule has 0 bridgehead atoms. The van der Waals surface area contributed by atoms with Crippen molar-refractivity contribution >= 4 is 134 Å². The molecule has 0 aliphatic carbocycles. The molecule has 5 aromatic rings. The molecule has 1 aliphatic heterocycles. The summed E-state index contributed by atoms with van der Waals surface area (Å²) in [6, 6.07) is -6.41. The third kappa shape index (κ3) is 34.8. The number of aromatic nitrogens is 4. The van der Waals surface area contributed by atoms with E-state index in [9.17, 15) is 82.1 Å². The van der Waals surface area contributed by atoms with Crippen LogP contribution in [0.2, 0.25) is 0 Å². The number of nitrogens with one attached hydrogen (secondary N) is 20. The molecule has 0 radical (unpaired) electrons. The maximum absolute atomic E-state index is 15.1. The van der Waals surface area contributed by atoms with Crippen molar-refractivity contribution in [2.24, 2.45) is 58.4 Å². The van der Waals surface area contributed by atoms with Crippen LogP contribution >= 0.6 is 0 Å².